The van der Waals surface area contributed by atoms with Crippen LogP contribution in [-0.2, 0) is 0 Å². The maximum atomic E-state index is 12.2. The Morgan fingerprint density at radius 2 is 1.76 bits per heavy atom. The maximum Gasteiger partial charge on any atom is 0.255 e. The van der Waals surface area contributed by atoms with E-state index in [4.69, 9.17) is 5.26 Å². The number of hydrogen-bond donors (Lipinski definition) is 1. The van der Waals surface area contributed by atoms with Crippen molar-refractivity contribution in [3.63, 3.8) is 0 Å². The largest absolute Gasteiger partial charge is 0.319 e. The molecular weight excluding hydrogens is 316 g/mol. The van der Waals surface area contributed by atoms with Gasteiger partial charge in [-0.15, -0.1) is 0 Å². The van der Waals surface area contributed by atoms with E-state index in [9.17, 15) is 4.79 Å². The predicted octanol–water partition coefficient (Wildman–Crippen LogP) is 2.71. The van der Waals surface area contributed by atoms with Gasteiger partial charge in [-0.05, 0) is 50.6 Å². The van der Waals surface area contributed by atoms with Crippen LogP contribution in [0.15, 0.2) is 36.7 Å². The molecule has 0 aliphatic carbocycles. The zero-order valence-corrected chi connectivity index (χ0v) is 14.1. The van der Waals surface area contributed by atoms with Crippen molar-refractivity contribution in [2.24, 2.45) is 0 Å². The number of aromatic nitrogens is 4. The molecule has 3 rings (SSSR count). The van der Waals surface area contributed by atoms with Gasteiger partial charge in [-0.2, -0.15) is 10.4 Å². The molecule has 0 aliphatic heterocycles. The Morgan fingerprint density at radius 3 is 2.28 bits per heavy atom. The number of nitrogens with one attached hydrogen (secondary N) is 1. The molecule has 7 heteroatoms. The third kappa shape index (κ3) is 3.23. The number of nitriles is 1. The Labute approximate surface area is 145 Å². The minimum atomic E-state index is -0.289. The van der Waals surface area contributed by atoms with Gasteiger partial charge in [0.25, 0.3) is 11.9 Å². The van der Waals surface area contributed by atoms with Crippen molar-refractivity contribution in [2.45, 2.75) is 20.8 Å². The first-order valence-corrected chi connectivity index (χ1v) is 7.66. The molecule has 0 saturated heterocycles. The molecule has 1 amide bonds. The van der Waals surface area contributed by atoms with Crippen LogP contribution < -0.4 is 5.32 Å². The summed E-state index contributed by atoms with van der Waals surface area (Å²) in [6.07, 6.45) is 3.07. The zero-order valence-electron chi connectivity index (χ0n) is 14.1. The Hall–Kier alpha value is -3.53. The third-order valence-electron chi connectivity index (χ3n) is 4.01. The second-order valence-corrected chi connectivity index (χ2v) is 5.62. The van der Waals surface area contributed by atoms with Gasteiger partial charge >= 0.3 is 0 Å². The van der Waals surface area contributed by atoms with Crippen LogP contribution in [-0.4, -0.2) is 25.7 Å². The molecular formula is C18H16N6O. The first kappa shape index (κ1) is 16.3. The number of rotatable bonds is 3. The average Bonchev–Trinajstić information content (AvgIpc) is 2.90. The topological polar surface area (TPSA) is 96.5 Å². The van der Waals surface area contributed by atoms with Crippen molar-refractivity contribution in [3.8, 4) is 12.0 Å². The van der Waals surface area contributed by atoms with E-state index < -0.39 is 0 Å². The highest BCUT2D eigenvalue weighted by Crippen LogP contribution is 2.15. The Morgan fingerprint density at radius 1 is 1.12 bits per heavy atom. The highest BCUT2D eigenvalue weighted by Gasteiger charge is 2.12. The van der Waals surface area contributed by atoms with Crippen LogP contribution in [0.25, 0.3) is 5.95 Å². The van der Waals surface area contributed by atoms with E-state index in [0.717, 1.165) is 17.0 Å². The first-order valence-electron chi connectivity index (χ1n) is 7.66. The summed E-state index contributed by atoms with van der Waals surface area (Å²) in [4.78, 5) is 20.7. The smallest absolute Gasteiger partial charge is 0.255 e. The van der Waals surface area contributed by atoms with Gasteiger partial charge in [0.05, 0.1) is 35.4 Å². The number of nitrogens with zero attached hydrogens (tertiary/aromatic N) is 5. The summed E-state index contributed by atoms with van der Waals surface area (Å²) in [5, 5.41) is 15.9. The lowest BCUT2D eigenvalue weighted by atomic mass is 10.1. The van der Waals surface area contributed by atoms with E-state index in [-0.39, 0.29) is 5.91 Å². The molecule has 0 spiro atoms. The van der Waals surface area contributed by atoms with Gasteiger partial charge < -0.3 is 5.32 Å². The highest BCUT2D eigenvalue weighted by atomic mass is 16.1. The molecule has 7 nitrogen and oxygen atoms in total. The van der Waals surface area contributed by atoms with Crippen LogP contribution in [0.4, 0.5) is 5.69 Å². The minimum absolute atomic E-state index is 0.289. The number of hydrogen-bond acceptors (Lipinski definition) is 5. The van der Waals surface area contributed by atoms with Gasteiger partial charge in [0, 0.05) is 11.3 Å². The van der Waals surface area contributed by atoms with Gasteiger partial charge in [0.1, 0.15) is 0 Å². The second kappa shape index (κ2) is 6.53. The fourth-order valence-corrected chi connectivity index (χ4v) is 2.31. The minimum Gasteiger partial charge on any atom is -0.319 e. The number of benzene rings is 1. The van der Waals surface area contributed by atoms with Crippen LogP contribution in [0, 0.1) is 32.1 Å². The van der Waals surface area contributed by atoms with E-state index in [2.05, 4.69) is 20.4 Å². The van der Waals surface area contributed by atoms with Crippen molar-refractivity contribution in [1.82, 2.24) is 19.7 Å². The van der Waals surface area contributed by atoms with Crippen molar-refractivity contribution >= 4 is 11.6 Å². The van der Waals surface area contributed by atoms with Gasteiger partial charge in [-0.25, -0.2) is 14.6 Å². The van der Waals surface area contributed by atoms with Gasteiger partial charge in [0.15, 0.2) is 0 Å². The van der Waals surface area contributed by atoms with E-state index in [1.165, 1.54) is 12.4 Å². The fourth-order valence-electron chi connectivity index (χ4n) is 2.31. The van der Waals surface area contributed by atoms with Crippen LogP contribution in [0.1, 0.15) is 32.9 Å². The lowest BCUT2D eigenvalue weighted by Crippen LogP contribution is -2.13. The summed E-state index contributed by atoms with van der Waals surface area (Å²) in [6.45, 7) is 5.89. The first-order chi connectivity index (χ1) is 12.0. The van der Waals surface area contributed by atoms with Crippen molar-refractivity contribution in [3.05, 3.63) is 64.7 Å². The SMILES string of the molecule is Cc1nn(-c2ncc(NC(=O)c3ccc(C#N)cc3)cn2)c(C)c1C. The molecule has 0 bridgehead atoms. The Bertz CT molecular complexity index is 965. The lowest BCUT2D eigenvalue weighted by Gasteiger charge is -2.06. The van der Waals surface area contributed by atoms with E-state index >= 15 is 0 Å². The molecule has 1 aromatic carbocycles. The summed E-state index contributed by atoms with van der Waals surface area (Å²) >= 11 is 0. The molecule has 0 radical (unpaired) electrons. The quantitative estimate of drug-likeness (QED) is 0.795. The summed E-state index contributed by atoms with van der Waals surface area (Å²) in [5.41, 5.74) is 4.45. The molecule has 124 valence electrons. The van der Waals surface area contributed by atoms with Gasteiger partial charge in [-0.1, -0.05) is 0 Å². The molecule has 0 atom stereocenters. The Kier molecular flexibility index (Phi) is 4.27. The third-order valence-corrected chi connectivity index (χ3v) is 4.01. The molecule has 2 heterocycles. The average molecular weight is 332 g/mol. The molecule has 3 aromatic rings. The lowest BCUT2D eigenvalue weighted by molar-refractivity contribution is 0.102. The molecule has 1 N–H and O–H groups in total. The van der Waals surface area contributed by atoms with Crippen molar-refractivity contribution in [2.75, 3.05) is 5.32 Å². The van der Waals surface area contributed by atoms with Gasteiger partial charge in [-0.3, -0.25) is 4.79 Å². The van der Waals surface area contributed by atoms with Crippen molar-refractivity contribution in [1.29, 1.82) is 5.26 Å². The number of aryl methyl sites for hydroxylation is 1. The van der Waals surface area contributed by atoms with E-state index in [1.807, 2.05) is 26.8 Å². The molecule has 0 aliphatic rings. The van der Waals surface area contributed by atoms with Crippen LogP contribution in [0.5, 0.6) is 0 Å². The standard InChI is InChI=1S/C18H16N6O/c1-11-12(2)23-24(13(11)3)18-20-9-16(10-21-18)22-17(25)15-6-4-14(8-19)5-7-15/h4-7,9-10H,1-3H3,(H,22,25). The van der Waals surface area contributed by atoms with Crippen LogP contribution in [0.2, 0.25) is 0 Å². The summed E-state index contributed by atoms with van der Waals surface area (Å²) in [6, 6.07) is 8.41. The highest BCUT2D eigenvalue weighted by molar-refractivity contribution is 6.04. The fraction of sp³-hybridized carbons (Fsp3) is 0.167. The molecule has 0 fully saturated rings. The monoisotopic (exact) mass is 332 g/mol. The van der Waals surface area contributed by atoms with E-state index in [1.54, 1.807) is 28.9 Å². The van der Waals surface area contributed by atoms with Crippen LogP contribution >= 0.6 is 0 Å². The number of carbonyl (C=O) groups excluding carboxylic acids is 1. The van der Waals surface area contributed by atoms with Crippen molar-refractivity contribution < 1.29 is 4.79 Å². The van der Waals surface area contributed by atoms with Crippen LogP contribution in [0.3, 0.4) is 0 Å². The van der Waals surface area contributed by atoms with E-state index in [0.29, 0.717) is 22.8 Å². The normalized spacial score (nSPS) is 10.3. The van der Waals surface area contributed by atoms with Gasteiger partial charge in [0.2, 0.25) is 0 Å². The summed E-state index contributed by atoms with van der Waals surface area (Å²) in [7, 11) is 0. The summed E-state index contributed by atoms with van der Waals surface area (Å²) < 4.78 is 1.68. The summed E-state index contributed by atoms with van der Waals surface area (Å²) in [5.74, 6) is 0.160. The Balaban J connectivity index is 1.77. The zero-order chi connectivity index (χ0) is 18.0. The number of anilines is 1. The molecule has 0 saturated carbocycles. The molecule has 2 aromatic heterocycles. The predicted molar refractivity (Wildman–Crippen MR) is 92.5 cm³/mol. The molecule has 0 unspecified atom stereocenters. The number of amides is 1. The second-order valence-electron chi connectivity index (χ2n) is 5.62. The number of carbonyl (C=O) groups is 1. The maximum absolute atomic E-state index is 12.2. The molecule has 25 heavy (non-hydrogen) atoms.